The van der Waals surface area contributed by atoms with Crippen molar-refractivity contribution < 1.29 is 9.53 Å². The molecule has 0 N–H and O–H groups in total. The molecule has 0 bridgehead atoms. The lowest BCUT2D eigenvalue weighted by Gasteiger charge is -2.19. The van der Waals surface area contributed by atoms with E-state index in [2.05, 4.69) is 25.9 Å². The molecule has 20 heavy (non-hydrogen) atoms. The van der Waals surface area contributed by atoms with Gasteiger partial charge in [0, 0.05) is 30.5 Å². The van der Waals surface area contributed by atoms with Crippen LogP contribution in [0.3, 0.4) is 0 Å². The van der Waals surface area contributed by atoms with E-state index in [9.17, 15) is 4.79 Å². The molecule has 5 nitrogen and oxygen atoms in total. The lowest BCUT2D eigenvalue weighted by molar-refractivity contribution is -0.142. The number of carbonyl (C=O) groups excluding carboxylic acids is 1. The van der Waals surface area contributed by atoms with Crippen molar-refractivity contribution in [3.05, 3.63) is 29.0 Å². The van der Waals surface area contributed by atoms with Crippen LogP contribution in [-0.4, -0.2) is 36.1 Å². The summed E-state index contributed by atoms with van der Waals surface area (Å²) < 4.78 is 5.82. The van der Waals surface area contributed by atoms with Crippen molar-refractivity contribution in [3.8, 4) is 0 Å². The fraction of sp³-hybridized carbons (Fsp3) is 0.357. The van der Waals surface area contributed by atoms with E-state index >= 15 is 0 Å². The van der Waals surface area contributed by atoms with Crippen LogP contribution in [-0.2, 0) is 9.53 Å². The maximum atomic E-state index is 11.4. The van der Waals surface area contributed by atoms with Crippen molar-refractivity contribution in [2.45, 2.75) is 13.3 Å². The Hall–Kier alpha value is -1.69. The molecule has 2 rings (SSSR count). The Labute approximate surface area is 126 Å². The molecule has 2 aromatic rings. The number of anilines is 1. The van der Waals surface area contributed by atoms with E-state index in [1.165, 1.54) is 0 Å². The number of aromatic nitrogens is 2. The summed E-state index contributed by atoms with van der Waals surface area (Å²) in [5.41, 5.74) is 2.59. The number of carbonyl (C=O) groups is 1. The summed E-state index contributed by atoms with van der Waals surface area (Å²) in [6.07, 6.45) is 3.84. The number of ether oxygens (including phenoxy) is 1. The molecule has 106 valence electrons. The van der Waals surface area contributed by atoms with E-state index in [1.54, 1.807) is 19.3 Å². The van der Waals surface area contributed by atoms with Gasteiger partial charge in [-0.3, -0.25) is 14.8 Å². The Bertz CT molecular complexity index is 618. The third-order valence-electron chi connectivity index (χ3n) is 2.89. The fourth-order valence-electron chi connectivity index (χ4n) is 1.91. The van der Waals surface area contributed by atoms with Gasteiger partial charge in [0.05, 0.1) is 24.2 Å². The average molecular weight is 338 g/mol. The number of nitrogens with zero attached hydrogens (tertiary/aromatic N) is 3. The molecule has 6 heteroatoms. The number of pyridine rings is 2. The van der Waals surface area contributed by atoms with Crippen LogP contribution in [0.25, 0.3) is 11.0 Å². The van der Waals surface area contributed by atoms with Crippen LogP contribution in [0.5, 0.6) is 0 Å². The van der Waals surface area contributed by atoms with Crippen LogP contribution in [0.15, 0.2) is 29.0 Å². The van der Waals surface area contributed by atoms with Gasteiger partial charge in [-0.2, -0.15) is 0 Å². The monoisotopic (exact) mass is 337 g/mol. The summed E-state index contributed by atoms with van der Waals surface area (Å²) in [5.74, 6) is -0.187. The molecule has 2 aromatic heterocycles. The highest BCUT2D eigenvalue weighted by molar-refractivity contribution is 9.10. The van der Waals surface area contributed by atoms with Crippen LogP contribution < -0.4 is 4.90 Å². The summed E-state index contributed by atoms with van der Waals surface area (Å²) in [6.45, 7) is 2.80. The first kappa shape index (κ1) is 14.7. The molecule has 0 saturated carbocycles. The van der Waals surface area contributed by atoms with Gasteiger partial charge < -0.3 is 9.64 Å². The Kier molecular flexibility index (Phi) is 4.89. The van der Waals surface area contributed by atoms with Crippen LogP contribution in [0.1, 0.15) is 13.3 Å². The molecule has 0 aliphatic heterocycles. The maximum absolute atomic E-state index is 11.4. The van der Waals surface area contributed by atoms with Crippen LogP contribution in [0.4, 0.5) is 5.69 Å². The number of halogens is 1. The largest absolute Gasteiger partial charge is 0.466 e. The van der Waals surface area contributed by atoms with Crippen molar-refractivity contribution in [1.82, 2.24) is 9.97 Å². The van der Waals surface area contributed by atoms with Gasteiger partial charge in [0.25, 0.3) is 0 Å². The van der Waals surface area contributed by atoms with Crippen molar-refractivity contribution in [1.29, 1.82) is 0 Å². The highest BCUT2D eigenvalue weighted by Crippen LogP contribution is 2.24. The van der Waals surface area contributed by atoms with Crippen molar-refractivity contribution in [2.75, 3.05) is 25.1 Å². The minimum Gasteiger partial charge on any atom is -0.466 e. The molecule has 0 spiro atoms. The average Bonchev–Trinajstić information content (AvgIpc) is 2.44. The predicted octanol–water partition coefficient (Wildman–Crippen LogP) is 2.78. The molecule has 0 aromatic carbocycles. The van der Waals surface area contributed by atoms with Gasteiger partial charge in [0.2, 0.25) is 0 Å². The fourth-order valence-corrected chi connectivity index (χ4v) is 2.23. The van der Waals surface area contributed by atoms with Gasteiger partial charge in [0.1, 0.15) is 5.52 Å². The zero-order valence-corrected chi connectivity index (χ0v) is 13.1. The quantitative estimate of drug-likeness (QED) is 0.785. The highest BCUT2D eigenvalue weighted by Gasteiger charge is 2.10. The summed E-state index contributed by atoms with van der Waals surface area (Å²) in [7, 11) is 1.93. The molecule has 0 atom stereocenters. The molecule has 0 aliphatic rings. The van der Waals surface area contributed by atoms with Crippen LogP contribution in [0, 0.1) is 0 Å². The first-order chi connectivity index (χ1) is 9.61. The Morgan fingerprint density at radius 3 is 3.00 bits per heavy atom. The zero-order valence-electron chi connectivity index (χ0n) is 11.5. The minimum atomic E-state index is -0.187. The van der Waals surface area contributed by atoms with Gasteiger partial charge in [-0.25, -0.2) is 0 Å². The highest BCUT2D eigenvalue weighted by atomic mass is 79.9. The second-order valence-corrected chi connectivity index (χ2v) is 5.24. The standard InChI is InChI=1S/C14H16BrN3O2/c1-3-20-13(19)5-7-18(2)12-4-6-16-11-8-10(15)9-17-14(11)12/h4,6,8-9H,3,5,7H2,1-2H3. The molecule has 0 radical (unpaired) electrons. The van der Waals surface area contributed by atoms with Gasteiger partial charge in [-0.15, -0.1) is 0 Å². The van der Waals surface area contributed by atoms with E-state index in [0.717, 1.165) is 21.2 Å². The maximum Gasteiger partial charge on any atom is 0.307 e. The smallest absolute Gasteiger partial charge is 0.307 e. The topological polar surface area (TPSA) is 55.3 Å². The molecule has 0 unspecified atom stereocenters. The van der Waals surface area contributed by atoms with Crippen molar-refractivity contribution in [3.63, 3.8) is 0 Å². The molecule has 0 fully saturated rings. The molecule has 0 amide bonds. The second kappa shape index (κ2) is 6.65. The lowest BCUT2D eigenvalue weighted by Crippen LogP contribution is -2.22. The third kappa shape index (κ3) is 3.45. The first-order valence-electron chi connectivity index (χ1n) is 6.39. The van der Waals surface area contributed by atoms with E-state index in [-0.39, 0.29) is 5.97 Å². The molecular weight excluding hydrogens is 322 g/mol. The third-order valence-corrected chi connectivity index (χ3v) is 3.32. The van der Waals surface area contributed by atoms with Crippen molar-refractivity contribution >= 4 is 38.6 Å². The summed E-state index contributed by atoms with van der Waals surface area (Å²) in [4.78, 5) is 22.1. The molecule has 0 saturated heterocycles. The molecule has 2 heterocycles. The number of esters is 1. The van der Waals surface area contributed by atoms with Gasteiger partial charge >= 0.3 is 5.97 Å². The molecular formula is C14H16BrN3O2. The summed E-state index contributed by atoms with van der Waals surface area (Å²) in [6, 6.07) is 3.82. The Morgan fingerprint density at radius 2 is 2.25 bits per heavy atom. The van der Waals surface area contributed by atoms with Crippen LogP contribution >= 0.6 is 15.9 Å². The SMILES string of the molecule is CCOC(=O)CCN(C)c1ccnc2cc(Br)cnc12. The second-order valence-electron chi connectivity index (χ2n) is 4.33. The van der Waals surface area contributed by atoms with Crippen molar-refractivity contribution in [2.24, 2.45) is 0 Å². The van der Waals surface area contributed by atoms with Crippen LogP contribution in [0.2, 0.25) is 0 Å². The summed E-state index contributed by atoms with van der Waals surface area (Å²) >= 11 is 3.38. The number of fused-ring (bicyclic) bond motifs is 1. The molecule has 0 aliphatic carbocycles. The number of hydrogen-bond donors (Lipinski definition) is 0. The van der Waals surface area contributed by atoms with E-state index in [4.69, 9.17) is 4.74 Å². The normalized spacial score (nSPS) is 10.6. The van der Waals surface area contributed by atoms with Gasteiger partial charge in [-0.05, 0) is 35.0 Å². The van der Waals surface area contributed by atoms with E-state index in [1.807, 2.05) is 24.1 Å². The van der Waals surface area contributed by atoms with E-state index in [0.29, 0.717) is 19.6 Å². The predicted molar refractivity (Wildman–Crippen MR) is 81.8 cm³/mol. The number of rotatable bonds is 5. The summed E-state index contributed by atoms with van der Waals surface area (Å²) in [5, 5.41) is 0. The zero-order chi connectivity index (χ0) is 14.5. The number of hydrogen-bond acceptors (Lipinski definition) is 5. The Balaban J connectivity index is 2.17. The first-order valence-corrected chi connectivity index (χ1v) is 7.18. The lowest BCUT2D eigenvalue weighted by atomic mass is 10.2. The van der Waals surface area contributed by atoms with Gasteiger partial charge in [0.15, 0.2) is 0 Å². The van der Waals surface area contributed by atoms with Gasteiger partial charge in [-0.1, -0.05) is 0 Å². The minimum absolute atomic E-state index is 0.187. The van der Waals surface area contributed by atoms with E-state index < -0.39 is 0 Å². The Morgan fingerprint density at radius 1 is 1.45 bits per heavy atom.